The first-order valence-electron chi connectivity index (χ1n) is 7.34. The maximum absolute atomic E-state index is 12.3. The highest BCUT2D eigenvalue weighted by Gasteiger charge is 2.14. The Balaban J connectivity index is 1.66. The number of rotatable bonds is 5. The fourth-order valence-corrected chi connectivity index (χ4v) is 3.05. The molecule has 7 nitrogen and oxygen atoms in total. The summed E-state index contributed by atoms with van der Waals surface area (Å²) in [5, 5.41) is 14.3. The third kappa shape index (κ3) is 3.31. The standard InChI is InChI=1S/C15H18N6OS/c1-4-21-13(7-10(2)18-21)14(22)16-8-11-9-23-15(17-11)12-5-6-20(3)19-12/h5-7,9H,4,8H2,1-3H3,(H,16,22). The fraction of sp³-hybridized carbons (Fsp3) is 0.333. The van der Waals surface area contributed by atoms with Gasteiger partial charge in [-0.25, -0.2) is 4.98 Å². The fourth-order valence-electron chi connectivity index (χ4n) is 2.27. The van der Waals surface area contributed by atoms with Crippen LogP contribution in [-0.2, 0) is 20.1 Å². The Bertz CT molecular complexity index is 831. The summed E-state index contributed by atoms with van der Waals surface area (Å²) in [5.41, 5.74) is 3.08. The minimum atomic E-state index is -0.139. The molecule has 0 fully saturated rings. The molecule has 0 aliphatic rings. The number of carbonyl (C=O) groups excluding carboxylic acids is 1. The number of amides is 1. The van der Waals surface area contributed by atoms with E-state index in [4.69, 9.17) is 0 Å². The smallest absolute Gasteiger partial charge is 0.269 e. The van der Waals surface area contributed by atoms with Crippen LogP contribution in [0.1, 0.15) is 28.8 Å². The average Bonchev–Trinajstić information content (AvgIpc) is 3.23. The summed E-state index contributed by atoms with van der Waals surface area (Å²) in [6.07, 6.45) is 1.88. The number of carbonyl (C=O) groups is 1. The highest BCUT2D eigenvalue weighted by Crippen LogP contribution is 2.21. The van der Waals surface area contributed by atoms with Gasteiger partial charge in [-0.1, -0.05) is 0 Å². The quantitative estimate of drug-likeness (QED) is 0.776. The number of nitrogens with one attached hydrogen (secondary N) is 1. The van der Waals surface area contributed by atoms with Crippen molar-refractivity contribution in [3.8, 4) is 10.7 Å². The topological polar surface area (TPSA) is 77.6 Å². The summed E-state index contributed by atoms with van der Waals surface area (Å²) < 4.78 is 3.44. The molecule has 1 amide bonds. The molecule has 0 saturated carbocycles. The average molecular weight is 330 g/mol. The molecule has 0 radical (unpaired) electrons. The SMILES string of the molecule is CCn1nc(C)cc1C(=O)NCc1csc(-c2ccn(C)n2)n1. The van der Waals surface area contributed by atoms with Crippen molar-refractivity contribution in [2.75, 3.05) is 0 Å². The Morgan fingerprint density at radius 1 is 1.39 bits per heavy atom. The van der Waals surface area contributed by atoms with Crippen molar-refractivity contribution in [1.29, 1.82) is 0 Å². The van der Waals surface area contributed by atoms with Crippen LogP contribution in [-0.4, -0.2) is 30.5 Å². The number of aryl methyl sites for hydroxylation is 3. The Kier molecular flexibility index (Phi) is 4.24. The highest BCUT2D eigenvalue weighted by molar-refractivity contribution is 7.13. The lowest BCUT2D eigenvalue weighted by molar-refractivity contribution is 0.0940. The molecule has 3 rings (SSSR count). The molecule has 0 aromatic carbocycles. The van der Waals surface area contributed by atoms with Crippen LogP contribution < -0.4 is 5.32 Å². The van der Waals surface area contributed by atoms with E-state index in [0.29, 0.717) is 18.8 Å². The van der Waals surface area contributed by atoms with Crippen LogP contribution >= 0.6 is 11.3 Å². The van der Waals surface area contributed by atoms with Crippen LogP contribution in [0.5, 0.6) is 0 Å². The van der Waals surface area contributed by atoms with E-state index in [0.717, 1.165) is 22.1 Å². The van der Waals surface area contributed by atoms with Crippen LogP contribution in [0.3, 0.4) is 0 Å². The van der Waals surface area contributed by atoms with Crippen molar-refractivity contribution in [1.82, 2.24) is 29.9 Å². The van der Waals surface area contributed by atoms with Crippen molar-refractivity contribution in [2.45, 2.75) is 26.9 Å². The largest absolute Gasteiger partial charge is 0.345 e. The Morgan fingerprint density at radius 3 is 2.91 bits per heavy atom. The highest BCUT2D eigenvalue weighted by atomic mass is 32.1. The molecule has 3 aromatic rings. The molecule has 0 aliphatic heterocycles. The number of nitrogens with zero attached hydrogens (tertiary/aromatic N) is 5. The zero-order valence-electron chi connectivity index (χ0n) is 13.3. The van der Waals surface area contributed by atoms with Gasteiger partial charge in [-0.3, -0.25) is 14.2 Å². The summed E-state index contributed by atoms with van der Waals surface area (Å²) >= 11 is 1.52. The van der Waals surface area contributed by atoms with E-state index in [9.17, 15) is 4.79 Å². The molecule has 120 valence electrons. The van der Waals surface area contributed by atoms with Crippen molar-refractivity contribution >= 4 is 17.2 Å². The van der Waals surface area contributed by atoms with E-state index in [2.05, 4.69) is 20.5 Å². The van der Waals surface area contributed by atoms with E-state index in [1.54, 1.807) is 15.4 Å². The van der Waals surface area contributed by atoms with Crippen molar-refractivity contribution in [3.05, 3.63) is 40.8 Å². The molecular weight excluding hydrogens is 312 g/mol. The predicted octanol–water partition coefficient (Wildman–Crippen LogP) is 2.00. The second kappa shape index (κ2) is 6.33. The normalized spacial score (nSPS) is 10.9. The van der Waals surface area contributed by atoms with Gasteiger partial charge < -0.3 is 5.32 Å². The third-order valence-electron chi connectivity index (χ3n) is 3.35. The van der Waals surface area contributed by atoms with E-state index in [-0.39, 0.29) is 5.91 Å². The molecule has 0 bridgehead atoms. The van der Waals surface area contributed by atoms with Gasteiger partial charge in [-0.15, -0.1) is 11.3 Å². The first-order chi connectivity index (χ1) is 11.1. The van der Waals surface area contributed by atoms with E-state index < -0.39 is 0 Å². The van der Waals surface area contributed by atoms with Gasteiger partial charge in [0.15, 0.2) is 0 Å². The van der Waals surface area contributed by atoms with E-state index in [1.807, 2.05) is 38.5 Å². The first-order valence-corrected chi connectivity index (χ1v) is 8.22. The van der Waals surface area contributed by atoms with Crippen molar-refractivity contribution in [2.24, 2.45) is 7.05 Å². The summed E-state index contributed by atoms with van der Waals surface area (Å²) in [4.78, 5) is 16.8. The van der Waals surface area contributed by atoms with Gasteiger partial charge in [0.25, 0.3) is 5.91 Å². The van der Waals surface area contributed by atoms with Crippen LogP contribution in [0.15, 0.2) is 23.7 Å². The van der Waals surface area contributed by atoms with Gasteiger partial charge in [0.05, 0.1) is 17.9 Å². The second-order valence-electron chi connectivity index (χ2n) is 5.19. The molecule has 0 spiro atoms. The summed E-state index contributed by atoms with van der Waals surface area (Å²) in [5.74, 6) is -0.139. The molecule has 0 saturated heterocycles. The minimum absolute atomic E-state index is 0.139. The lowest BCUT2D eigenvalue weighted by Crippen LogP contribution is -2.25. The maximum atomic E-state index is 12.3. The van der Waals surface area contributed by atoms with Gasteiger partial charge in [-0.2, -0.15) is 10.2 Å². The van der Waals surface area contributed by atoms with Crippen molar-refractivity contribution in [3.63, 3.8) is 0 Å². The molecule has 0 aliphatic carbocycles. The molecule has 0 atom stereocenters. The molecule has 1 N–H and O–H groups in total. The minimum Gasteiger partial charge on any atom is -0.345 e. The van der Waals surface area contributed by atoms with Crippen molar-refractivity contribution < 1.29 is 4.79 Å². The van der Waals surface area contributed by atoms with Gasteiger partial charge in [0, 0.05) is 25.2 Å². The Morgan fingerprint density at radius 2 is 2.22 bits per heavy atom. The van der Waals surface area contributed by atoms with E-state index >= 15 is 0 Å². The second-order valence-corrected chi connectivity index (χ2v) is 6.05. The molecule has 23 heavy (non-hydrogen) atoms. The van der Waals surface area contributed by atoms with Gasteiger partial charge in [-0.05, 0) is 26.0 Å². The first kappa shape index (κ1) is 15.4. The number of hydrogen-bond acceptors (Lipinski definition) is 5. The van der Waals surface area contributed by atoms with Crippen LogP contribution in [0.25, 0.3) is 10.7 Å². The lowest BCUT2D eigenvalue weighted by atomic mass is 10.3. The predicted molar refractivity (Wildman–Crippen MR) is 88.1 cm³/mol. The summed E-state index contributed by atoms with van der Waals surface area (Å²) in [6, 6.07) is 3.71. The Hall–Kier alpha value is -2.48. The van der Waals surface area contributed by atoms with Gasteiger partial charge >= 0.3 is 0 Å². The van der Waals surface area contributed by atoms with Crippen LogP contribution in [0.2, 0.25) is 0 Å². The summed E-state index contributed by atoms with van der Waals surface area (Å²) in [7, 11) is 1.87. The van der Waals surface area contributed by atoms with E-state index in [1.165, 1.54) is 11.3 Å². The third-order valence-corrected chi connectivity index (χ3v) is 4.26. The number of thiazole rings is 1. The lowest BCUT2D eigenvalue weighted by Gasteiger charge is -2.05. The molecular formula is C15H18N6OS. The van der Waals surface area contributed by atoms with Crippen LogP contribution in [0, 0.1) is 6.92 Å². The zero-order chi connectivity index (χ0) is 16.4. The molecule has 3 heterocycles. The summed E-state index contributed by atoms with van der Waals surface area (Å²) in [6.45, 7) is 4.89. The zero-order valence-corrected chi connectivity index (χ0v) is 14.1. The Labute approximate surface area is 138 Å². The molecule has 3 aromatic heterocycles. The molecule has 0 unspecified atom stereocenters. The monoisotopic (exact) mass is 330 g/mol. The molecule has 8 heteroatoms. The van der Waals surface area contributed by atoms with Crippen LogP contribution in [0.4, 0.5) is 0 Å². The number of aromatic nitrogens is 5. The number of hydrogen-bond donors (Lipinski definition) is 1. The van der Waals surface area contributed by atoms with Gasteiger partial charge in [0.2, 0.25) is 0 Å². The maximum Gasteiger partial charge on any atom is 0.269 e. The van der Waals surface area contributed by atoms with Gasteiger partial charge in [0.1, 0.15) is 16.4 Å².